The third kappa shape index (κ3) is 4.07. The van der Waals surface area contributed by atoms with E-state index in [-0.39, 0.29) is 0 Å². The first kappa shape index (κ1) is 16.9. The minimum atomic E-state index is -4.68. The fourth-order valence-corrected chi connectivity index (χ4v) is 1.83. The summed E-state index contributed by atoms with van der Waals surface area (Å²) in [4.78, 5) is 15.2. The van der Waals surface area contributed by atoms with Crippen molar-refractivity contribution in [1.82, 2.24) is 10.4 Å². The average molecular weight is 352 g/mol. The normalized spacial score (nSPS) is 11.2. The van der Waals surface area contributed by atoms with Gasteiger partial charge in [0.2, 0.25) is 0 Å². The van der Waals surface area contributed by atoms with Gasteiger partial charge in [-0.05, 0) is 24.3 Å². The number of pyridine rings is 1. The number of amides is 1. The standard InChI is InChI=1S/C13H7ClF5N3O/c14-9-4-6(13(17,18)19)5-10(20-9)21-22-12(23)11-7(15)2-1-3-8(11)16/h1-5H,(H,20,21)(H,22,23). The molecule has 0 aliphatic heterocycles. The van der Waals surface area contributed by atoms with E-state index in [2.05, 4.69) is 4.98 Å². The molecule has 1 amide bonds. The van der Waals surface area contributed by atoms with Gasteiger partial charge in [-0.3, -0.25) is 15.6 Å². The summed E-state index contributed by atoms with van der Waals surface area (Å²) in [6, 6.07) is 3.94. The number of carbonyl (C=O) groups excluding carboxylic acids is 1. The van der Waals surface area contributed by atoms with Gasteiger partial charge < -0.3 is 0 Å². The SMILES string of the molecule is O=C(NNc1cc(C(F)(F)F)cc(Cl)n1)c1c(F)cccc1F. The molecule has 2 N–H and O–H groups in total. The van der Waals surface area contributed by atoms with Gasteiger partial charge in [0.15, 0.2) is 0 Å². The maximum absolute atomic E-state index is 13.4. The zero-order valence-corrected chi connectivity index (χ0v) is 11.8. The molecule has 4 nitrogen and oxygen atoms in total. The molecule has 0 saturated heterocycles. The Balaban J connectivity index is 2.18. The van der Waals surface area contributed by atoms with E-state index < -0.39 is 45.8 Å². The molecule has 0 atom stereocenters. The molecule has 0 fully saturated rings. The second-order valence-corrected chi connectivity index (χ2v) is 4.62. The first-order valence-electron chi connectivity index (χ1n) is 5.93. The number of nitrogens with zero attached hydrogens (tertiary/aromatic N) is 1. The van der Waals surface area contributed by atoms with Crippen LogP contribution in [-0.2, 0) is 6.18 Å². The summed E-state index contributed by atoms with van der Waals surface area (Å²) >= 11 is 5.46. The van der Waals surface area contributed by atoms with Crippen molar-refractivity contribution in [3.8, 4) is 0 Å². The van der Waals surface area contributed by atoms with Crippen molar-refractivity contribution < 1.29 is 26.7 Å². The van der Waals surface area contributed by atoms with Crippen molar-refractivity contribution >= 4 is 23.3 Å². The molecule has 1 aromatic carbocycles. The van der Waals surface area contributed by atoms with Crippen LogP contribution in [0.1, 0.15) is 15.9 Å². The van der Waals surface area contributed by atoms with Gasteiger partial charge in [0.1, 0.15) is 28.2 Å². The van der Waals surface area contributed by atoms with E-state index in [1.165, 1.54) is 0 Å². The Morgan fingerprint density at radius 2 is 1.74 bits per heavy atom. The fourth-order valence-electron chi connectivity index (χ4n) is 1.62. The predicted octanol–water partition coefficient (Wildman–Crippen LogP) is 3.79. The lowest BCUT2D eigenvalue weighted by Crippen LogP contribution is -2.31. The van der Waals surface area contributed by atoms with Crippen molar-refractivity contribution in [2.24, 2.45) is 0 Å². The molecule has 122 valence electrons. The lowest BCUT2D eigenvalue weighted by molar-refractivity contribution is -0.137. The van der Waals surface area contributed by atoms with E-state index in [1.807, 2.05) is 10.9 Å². The molecule has 10 heteroatoms. The van der Waals surface area contributed by atoms with Crippen LogP contribution >= 0.6 is 11.6 Å². The summed E-state index contributed by atoms with van der Waals surface area (Å²) in [5.74, 6) is -3.93. The lowest BCUT2D eigenvalue weighted by atomic mass is 10.2. The Hall–Kier alpha value is -2.42. The van der Waals surface area contributed by atoms with Gasteiger partial charge in [0.25, 0.3) is 5.91 Å². The Kier molecular flexibility index (Phi) is 4.69. The highest BCUT2D eigenvalue weighted by atomic mass is 35.5. The second-order valence-electron chi connectivity index (χ2n) is 4.24. The maximum atomic E-state index is 13.4. The maximum Gasteiger partial charge on any atom is 0.416 e. The quantitative estimate of drug-likeness (QED) is 0.502. The zero-order valence-electron chi connectivity index (χ0n) is 11.0. The predicted molar refractivity (Wildman–Crippen MR) is 71.7 cm³/mol. The van der Waals surface area contributed by atoms with Crippen LogP contribution in [0.3, 0.4) is 0 Å². The first-order chi connectivity index (χ1) is 10.7. The van der Waals surface area contributed by atoms with Crippen molar-refractivity contribution in [3.05, 3.63) is 58.2 Å². The number of rotatable bonds is 3. The molecular weight excluding hydrogens is 345 g/mol. The Morgan fingerprint density at radius 3 is 2.30 bits per heavy atom. The largest absolute Gasteiger partial charge is 0.416 e. The van der Waals surface area contributed by atoms with E-state index in [0.717, 1.165) is 18.2 Å². The van der Waals surface area contributed by atoms with E-state index >= 15 is 0 Å². The summed E-state index contributed by atoms with van der Waals surface area (Å²) in [5, 5.41) is -0.478. The van der Waals surface area contributed by atoms with Gasteiger partial charge in [-0.25, -0.2) is 13.8 Å². The van der Waals surface area contributed by atoms with Gasteiger partial charge >= 0.3 is 6.18 Å². The number of halogens is 6. The summed E-state index contributed by atoms with van der Waals surface area (Å²) < 4.78 is 64.6. The van der Waals surface area contributed by atoms with E-state index in [1.54, 1.807) is 0 Å². The van der Waals surface area contributed by atoms with Crippen LogP contribution < -0.4 is 10.9 Å². The second kappa shape index (κ2) is 6.37. The highest BCUT2D eigenvalue weighted by Gasteiger charge is 2.31. The summed E-state index contributed by atoms with van der Waals surface area (Å²) in [6.45, 7) is 0. The lowest BCUT2D eigenvalue weighted by Gasteiger charge is -2.12. The summed E-state index contributed by atoms with van der Waals surface area (Å²) in [6.07, 6.45) is -4.68. The van der Waals surface area contributed by atoms with Crippen LogP contribution in [0.25, 0.3) is 0 Å². The molecule has 0 aliphatic rings. The summed E-state index contributed by atoms with van der Waals surface area (Å²) in [5.41, 5.74) is 1.87. The highest BCUT2D eigenvalue weighted by Crippen LogP contribution is 2.31. The van der Waals surface area contributed by atoms with Crippen LogP contribution in [0.2, 0.25) is 5.15 Å². The topological polar surface area (TPSA) is 54.0 Å². The first-order valence-corrected chi connectivity index (χ1v) is 6.31. The Labute approximate surface area is 131 Å². The van der Waals surface area contributed by atoms with Gasteiger partial charge in [-0.2, -0.15) is 13.2 Å². The van der Waals surface area contributed by atoms with E-state index in [4.69, 9.17) is 11.6 Å². The van der Waals surface area contributed by atoms with Crippen LogP contribution in [0.5, 0.6) is 0 Å². The minimum Gasteiger partial charge on any atom is -0.282 e. The number of alkyl halides is 3. The van der Waals surface area contributed by atoms with Gasteiger partial charge in [-0.15, -0.1) is 0 Å². The highest BCUT2D eigenvalue weighted by molar-refractivity contribution is 6.29. The van der Waals surface area contributed by atoms with Crippen LogP contribution in [-0.4, -0.2) is 10.9 Å². The molecule has 0 spiro atoms. The molecule has 1 heterocycles. The van der Waals surface area contributed by atoms with E-state index in [9.17, 15) is 26.7 Å². The zero-order chi connectivity index (χ0) is 17.2. The Morgan fingerprint density at radius 1 is 1.13 bits per heavy atom. The molecule has 1 aromatic heterocycles. The van der Waals surface area contributed by atoms with Gasteiger partial charge in [0.05, 0.1) is 5.56 Å². The third-order valence-electron chi connectivity index (χ3n) is 2.62. The number of hydrogen-bond donors (Lipinski definition) is 2. The molecule has 0 radical (unpaired) electrons. The number of anilines is 1. The minimum absolute atomic E-state index is 0.449. The average Bonchev–Trinajstić information content (AvgIpc) is 2.43. The smallest absolute Gasteiger partial charge is 0.282 e. The van der Waals surface area contributed by atoms with Gasteiger partial charge in [-0.1, -0.05) is 17.7 Å². The Bertz CT molecular complexity index is 731. The molecule has 2 aromatic rings. The third-order valence-corrected chi connectivity index (χ3v) is 2.81. The molecular formula is C13H7ClF5N3O. The molecule has 2 rings (SSSR count). The summed E-state index contributed by atoms with van der Waals surface area (Å²) in [7, 11) is 0. The fraction of sp³-hybridized carbons (Fsp3) is 0.0769. The van der Waals surface area contributed by atoms with Crippen LogP contribution in [0, 0.1) is 11.6 Å². The molecule has 0 aliphatic carbocycles. The number of hydrazine groups is 1. The number of hydrogen-bond acceptors (Lipinski definition) is 3. The monoisotopic (exact) mass is 351 g/mol. The molecule has 0 saturated carbocycles. The van der Waals surface area contributed by atoms with Gasteiger partial charge in [0, 0.05) is 0 Å². The van der Waals surface area contributed by atoms with Crippen LogP contribution in [0.4, 0.5) is 27.8 Å². The molecule has 0 unspecified atom stereocenters. The van der Waals surface area contributed by atoms with Crippen molar-refractivity contribution in [2.75, 3.05) is 5.43 Å². The number of aromatic nitrogens is 1. The van der Waals surface area contributed by atoms with Crippen molar-refractivity contribution in [1.29, 1.82) is 0 Å². The van der Waals surface area contributed by atoms with Crippen molar-refractivity contribution in [2.45, 2.75) is 6.18 Å². The molecule has 0 bridgehead atoms. The van der Waals surface area contributed by atoms with Crippen molar-refractivity contribution in [3.63, 3.8) is 0 Å². The number of benzene rings is 1. The number of carbonyl (C=O) groups is 1. The molecule has 23 heavy (non-hydrogen) atoms. The van der Waals surface area contributed by atoms with E-state index in [0.29, 0.717) is 12.1 Å². The number of nitrogens with one attached hydrogen (secondary N) is 2. The van der Waals surface area contributed by atoms with Crippen LogP contribution in [0.15, 0.2) is 30.3 Å².